The van der Waals surface area contributed by atoms with Crippen LogP contribution in [-0.2, 0) is 15.6 Å². The van der Waals surface area contributed by atoms with E-state index in [2.05, 4.69) is 0 Å². The minimum Gasteiger partial charge on any atom is -0.223 e. The van der Waals surface area contributed by atoms with Crippen LogP contribution in [0.2, 0.25) is 20.1 Å². The first kappa shape index (κ1) is 19.1. The molecule has 2 rings (SSSR count). The van der Waals surface area contributed by atoms with Crippen LogP contribution in [0.25, 0.3) is 6.08 Å². The molecule has 24 heavy (non-hydrogen) atoms. The highest BCUT2D eigenvalue weighted by atomic mass is 35.5. The number of allylic oxidation sites excluding steroid dienone is 1. The summed E-state index contributed by atoms with van der Waals surface area (Å²) in [6, 6.07) is 11.0. The molecule has 3 nitrogen and oxygen atoms in total. The quantitative estimate of drug-likeness (QED) is 0.465. The zero-order valence-corrected chi connectivity index (χ0v) is 15.8. The van der Waals surface area contributed by atoms with Crippen LogP contribution in [0.4, 0.5) is 0 Å². The first-order chi connectivity index (χ1) is 11.2. The van der Waals surface area contributed by atoms with Crippen LogP contribution in [0, 0.1) is 11.3 Å². The van der Waals surface area contributed by atoms with Gasteiger partial charge in [0.2, 0.25) is 0 Å². The molecular weight excluding hydrogens is 412 g/mol. The van der Waals surface area contributed by atoms with Gasteiger partial charge in [0.15, 0.2) is 9.84 Å². The van der Waals surface area contributed by atoms with Crippen LogP contribution in [0.15, 0.2) is 41.3 Å². The molecule has 0 aliphatic rings. The monoisotopic (exact) mass is 419 g/mol. The van der Waals surface area contributed by atoms with Gasteiger partial charge in [-0.05, 0) is 35.4 Å². The van der Waals surface area contributed by atoms with Gasteiger partial charge in [-0.2, -0.15) is 5.26 Å². The normalized spacial score (nSPS) is 12.0. The molecule has 124 valence electrons. The van der Waals surface area contributed by atoms with E-state index in [4.69, 9.17) is 46.4 Å². The van der Waals surface area contributed by atoms with Gasteiger partial charge in [-0.1, -0.05) is 64.6 Å². The van der Waals surface area contributed by atoms with Crippen molar-refractivity contribution in [3.8, 4) is 6.07 Å². The number of hydrogen-bond donors (Lipinski definition) is 0. The van der Waals surface area contributed by atoms with E-state index in [0.29, 0.717) is 16.1 Å². The topological polar surface area (TPSA) is 57.9 Å². The minimum absolute atomic E-state index is 0.0820. The second-order valence-corrected chi connectivity index (χ2v) is 8.33. The van der Waals surface area contributed by atoms with Gasteiger partial charge < -0.3 is 0 Å². The Morgan fingerprint density at radius 1 is 1.00 bits per heavy atom. The van der Waals surface area contributed by atoms with Crippen LogP contribution in [0.5, 0.6) is 0 Å². The number of benzene rings is 2. The van der Waals surface area contributed by atoms with Gasteiger partial charge in [0.25, 0.3) is 0 Å². The van der Waals surface area contributed by atoms with E-state index in [9.17, 15) is 13.7 Å². The maximum Gasteiger partial charge on any atom is 0.192 e. The molecule has 0 heterocycles. The van der Waals surface area contributed by atoms with E-state index >= 15 is 0 Å². The molecule has 0 radical (unpaired) electrons. The van der Waals surface area contributed by atoms with Gasteiger partial charge in [0, 0.05) is 5.02 Å². The van der Waals surface area contributed by atoms with Gasteiger partial charge in [-0.3, -0.25) is 0 Å². The number of halogens is 4. The molecule has 0 N–H and O–H groups in total. The smallest absolute Gasteiger partial charge is 0.192 e. The summed E-state index contributed by atoms with van der Waals surface area (Å²) in [5.41, 5.74) is 0.808. The van der Waals surface area contributed by atoms with Crippen molar-refractivity contribution in [2.24, 2.45) is 0 Å². The lowest BCUT2D eigenvalue weighted by molar-refractivity contribution is 0.602. The van der Waals surface area contributed by atoms with Gasteiger partial charge in [0.1, 0.15) is 11.0 Å². The highest BCUT2D eigenvalue weighted by Gasteiger charge is 2.20. The van der Waals surface area contributed by atoms with Gasteiger partial charge in [-0.15, -0.1) is 0 Å². The number of rotatable bonds is 4. The Labute approximate surface area is 159 Å². The second kappa shape index (κ2) is 7.77. The summed E-state index contributed by atoms with van der Waals surface area (Å²) in [5, 5.41) is 10.2. The number of sulfone groups is 1. The summed E-state index contributed by atoms with van der Waals surface area (Å²) < 4.78 is 24.9. The summed E-state index contributed by atoms with van der Waals surface area (Å²) in [6.07, 6.45) is 1.18. The standard InChI is InChI=1S/C16H9Cl4NO2S/c17-12-4-1-10(2-5-12)9-24(22,23)13(8-21)7-11-3-6-14(18)16(20)15(11)19/h1-7H,9H2/b13-7-. The molecule has 0 aliphatic heterocycles. The molecule has 0 bridgehead atoms. The summed E-state index contributed by atoms with van der Waals surface area (Å²) >= 11 is 23.6. The van der Waals surface area contributed by atoms with Crippen molar-refractivity contribution in [2.45, 2.75) is 5.75 Å². The highest BCUT2D eigenvalue weighted by molar-refractivity contribution is 7.95. The fourth-order valence-electron chi connectivity index (χ4n) is 1.86. The average molecular weight is 421 g/mol. The number of hydrogen-bond acceptors (Lipinski definition) is 3. The van der Waals surface area contributed by atoms with E-state index in [-0.39, 0.29) is 20.8 Å². The predicted octanol–water partition coefficient (Wildman–Crippen LogP) is 5.78. The highest BCUT2D eigenvalue weighted by Crippen LogP contribution is 2.34. The third-order valence-electron chi connectivity index (χ3n) is 3.07. The van der Waals surface area contributed by atoms with Gasteiger partial charge in [0.05, 0.1) is 20.8 Å². The molecule has 0 spiro atoms. The minimum atomic E-state index is -3.85. The predicted molar refractivity (Wildman–Crippen MR) is 99.1 cm³/mol. The van der Waals surface area contributed by atoms with Crippen molar-refractivity contribution >= 4 is 62.3 Å². The molecular formula is C16H9Cl4NO2S. The third-order valence-corrected chi connectivity index (χ3v) is 6.22. The summed E-state index contributed by atoms with van der Waals surface area (Å²) in [6.45, 7) is 0. The van der Waals surface area contributed by atoms with Crippen molar-refractivity contribution in [3.05, 3.63) is 72.5 Å². The van der Waals surface area contributed by atoms with Crippen LogP contribution in [0.1, 0.15) is 11.1 Å². The number of nitriles is 1. The maximum absolute atomic E-state index is 12.5. The Balaban J connectivity index is 2.41. The molecule has 8 heteroatoms. The summed E-state index contributed by atoms with van der Waals surface area (Å²) in [7, 11) is -3.85. The molecule has 0 saturated carbocycles. The Hall–Kier alpha value is -1.22. The van der Waals surface area contributed by atoms with E-state index in [1.54, 1.807) is 30.3 Å². The summed E-state index contributed by atoms with van der Waals surface area (Å²) in [4.78, 5) is -0.419. The average Bonchev–Trinajstić information content (AvgIpc) is 2.54. The molecule has 0 aliphatic carbocycles. The maximum atomic E-state index is 12.5. The molecule has 0 aromatic heterocycles. The fourth-order valence-corrected chi connectivity index (χ4v) is 3.82. The third kappa shape index (κ3) is 4.44. The molecule has 0 unspecified atom stereocenters. The molecule has 0 amide bonds. The zero-order chi connectivity index (χ0) is 17.9. The van der Waals surface area contributed by atoms with Crippen molar-refractivity contribution in [1.29, 1.82) is 5.26 Å². The van der Waals surface area contributed by atoms with Crippen molar-refractivity contribution < 1.29 is 8.42 Å². The van der Waals surface area contributed by atoms with Crippen LogP contribution in [-0.4, -0.2) is 8.42 Å². The fraction of sp³-hybridized carbons (Fsp3) is 0.0625. The summed E-state index contributed by atoms with van der Waals surface area (Å²) in [5.74, 6) is -0.331. The molecule has 0 fully saturated rings. The SMILES string of the molecule is N#C/C(=C/c1ccc(Cl)c(Cl)c1Cl)S(=O)(=O)Cc1ccc(Cl)cc1. The van der Waals surface area contributed by atoms with Gasteiger partial charge >= 0.3 is 0 Å². The van der Waals surface area contributed by atoms with E-state index in [1.807, 2.05) is 0 Å². The first-order valence-corrected chi connectivity index (χ1v) is 9.63. The lowest BCUT2D eigenvalue weighted by Gasteiger charge is -2.06. The molecule has 0 saturated heterocycles. The molecule has 0 atom stereocenters. The Morgan fingerprint density at radius 2 is 1.62 bits per heavy atom. The Kier molecular flexibility index (Phi) is 6.19. The Morgan fingerprint density at radius 3 is 2.21 bits per heavy atom. The molecule has 2 aromatic carbocycles. The van der Waals surface area contributed by atoms with Gasteiger partial charge in [-0.25, -0.2) is 8.42 Å². The van der Waals surface area contributed by atoms with E-state index in [0.717, 1.165) is 0 Å². The number of nitrogens with zero attached hydrogens (tertiary/aromatic N) is 1. The second-order valence-electron chi connectivity index (χ2n) is 4.77. The Bertz CT molecular complexity index is 945. The van der Waals surface area contributed by atoms with Crippen molar-refractivity contribution in [1.82, 2.24) is 0 Å². The largest absolute Gasteiger partial charge is 0.223 e. The molecule has 2 aromatic rings. The van der Waals surface area contributed by atoms with Crippen molar-refractivity contribution in [3.63, 3.8) is 0 Å². The van der Waals surface area contributed by atoms with E-state index < -0.39 is 14.7 Å². The zero-order valence-electron chi connectivity index (χ0n) is 11.9. The van der Waals surface area contributed by atoms with Crippen LogP contribution < -0.4 is 0 Å². The van der Waals surface area contributed by atoms with Crippen LogP contribution >= 0.6 is 46.4 Å². The van der Waals surface area contributed by atoms with Crippen LogP contribution in [0.3, 0.4) is 0 Å². The lowest BCUT2D eigenvalue weighted by Crippen LogP contribution is -2.06. The first-order valence-electron chi connectivity index (χ1n) is 6.47. The lowest BCUT2D eigenvalue weighted by atomic mass is 10.2. The van der Waals surface area contributed by atoms with Crippen molar-refractivity contribution in [2.75, 3.05) is 0 Å². The van der Waals surface area contributed by atoms with E-state index in [1.165, 1.54) is 18.2 Å².